The monoisotopic (exact) mass is 260 g/mol. The summed E-state index contributed by atoms with van der Waals surface area (Å²) in [6.07, 6.45) is 0.685. The van der Waals surface area contributed by atoms with Gasteiger partial charge in [-0.3, -0.25) is 4.79 Å². The van der Waals surface area contributed by atoms with Crippen molar-refractivity contribution in [3.63, 3.8) is 0 Å². The van der Waals surface area contributed by atoms with Crippen molar-refractivity contribution in [1.29, 1.82) is 0 Å². The molecule has 1 atom stereocenters. The SMILES string of the molecule is Cc1cc(F)ccc1CCNC(=O)[C@@H](C)N.Cl. The Balaban J connectivity index is 0.00000256. The highest BCUT2D eigenvalue weighted by atomic mass is 35.5. The average Bonchev–Trinajstić information content (AvgIpc) is 2.20. The van der Waals surface area contributed by atoms with E-state index in [1.807, 2.05) is 6.92 Å². The summed E-state index contributed by atoms with van der Waals surface area (Å²) in [5.41, 5.74) is 7.34. The molecule has 0 aliphatic carbocycles. The molecule has 0 saturated carbocycles. The molecule has 1 aromatic carbocycles. The van der Waals surface area contributed by atoms with Crippen molar-refractivity contribution in [2.75, 3.05) is 6.54 Å². The Morgan fingerprint density at radius 2 is 2.18 bits per heavy atom. The lowest BCUT2D eigenvalue weighted by Gasteiger charge is -2.09. The molecule has 0 aliphatic heterocycles. The van der Waals surface area contributed by atoms with Gasteiger partial charge in [-0.1, -0.05) is 6.07 Å². The van der Waals surface area contributed by atoms with Crippen LogP contribution in [0.2, 0.25) is 0 Å². The van der Waals surface area contributed by atoms with Gasteiger partial charge in [-0.05, 0) is 43.5 Å². The lowest BCUT2D eigenvalue weighted by Crippen LogP contribution is -2.39. The largest absolute Gasteiger partial charge is 0.354 e. The van der Waals surface area contributed by atoms with Gasteiger partial charge >= 0.3 is 0 Å². The number of carbonyl (C=O) groups is 1. The lowest BCUT2D eigenvalue weighted by molar-refractivity contribution is -0.121. The normalized spacial score (nSPS) is 11.5. The van der Waals surface area contributed by atoms with Crippen LogP contribution in [0.15, 0.2) is 18.2 Å². The van der Waals surface area contributed by atoms with E-state index in [0.717, 1.165) is 11.1 Å². The van der Waals surface area contributed by atoms with Crippen molar-refractivity contribution >= 4 is 18.3 Å². The Hall–Kier alpha value is -1.13. The Kier molecular flexibility index (Phi) is 6.76. The lowest BCUT2D eigenvalue weighted by atomic mass is 10.1. The van der Waals surface area contributed by atoms with Crippen LogP contribution in [-0.4, -0.2) is 18.5 Å². The maximum atomic E-state index is 12.8. The topological polar surface area (TPSA) is 55.1 Å². The van der Waals surface area contributed by atoms with E-state index >= 15 is 0 Å². The van der Waals surface area contributed by atoms with Crippen LogP contribution < -0.4 is 11.1 Å². The average molecular weight is 261 g/mol. The number of nitrogens with two attached hydrogens (primary N) is 1. The number of rotatable bonds is 4. The molecule has 1 aromatic rings. The molecule has 5 heteroatoms. The van der Waals surface area contributed by atoms with Gasteiger partial charge in [0.1, 0.15) is 5.82 Å². The number of nitrogens with one attached hydrogen (secondary N) is 1. The van der Waals surface area contributed by atoms with E-state index in [4.69, 9.17) is 5.73 Å². The quantitative estimate of drug-likeness (QED) is 0.863. The zero-order valence-electron chi connectivity index (χ0n) is 10.00. The van der Waals surface area contributed by atoms with Crippen molar-refractivity contribution in [2.45, 2.75) is 26.3 Å². The number of halogens is 2. The zero-order valence-corrected chi connectivity index (χ0v) is 10.8. The number of hydrogen-bond donors (Lipinski definition) is 2. The fraction of sp³-hybridized carbons (Fsp3) is 0.417. The maximum absolute atomic E-state index is 12.8. The molecule has 0 fully saturated rings. The third kappa shape index (κ3) is 5.15. The predicted octanol–water partition coefficient (Wildman–Crippen LogP) is 1.56. The van der Waals surface area contributed by atoms with Gasteiger partial charge in [0.25, 0.3) is 0 Å². The van der Waals surface area contributed by atoms with Gasteiger partial charge in [0.2, 0.25) is 5.91 Å². The van der Waals surface area contributed by atoms with Gasteiger partial charge in [-0.15, -0.1) is 12.4 Å². The minimum atomic E-state index is -0.491. The van der Waals surface area contributed by atoms with Crippen LogP contribution in [0.5, 0.6) is 0 Å². The highest BCUT2D eigenvalue weighted by Crippen LogP contribution is 2.10. The Bertz CT molecular complexity index is 383. The van der Waals surface area contributed by atoms with Crippen molar-refractivity contribution in [1.82, 2.24) is 5.32 Å². The van der Waals surface area contributed by atoms with E-state index in [0.29, 0.717) is 13.0 Å². The summed E-state index contributed by atoms with van der Waals surface area (Å²) >= 11 is 0. The predicted molar refractivity (Wildman–Crippen MR) is 68.7 cm³/mol. The zero-order chi connectivity index (χ0) is 12.1. The molecule has 0 spiro atoms. The fourth-order valence-electron chi connectivity index (χ4n) is 1.42. The summed E-state index contributed by atoms with van der Waals surface area (Å²) in [5, 5.41) is 2.71. The van der Waals surface area contributed by atoms with E-state index in [9.17, 15) is 9.18 Å². The van der Waals surface area contributed by atoms with Gasteiger partial charge in [-0.2, -0.15) is 0 Å². The molecule has 1 rings (SSSR count). The van der Waals surface area contributed by atoms with Crippen LogP contribution in [0.4, 0.5) is 4.39 Å². The molecule has 0 bridgehead atoms. The van der Waals surface area contributed by atoms with Crippen molar-refractivity contribution in [3.8, 4) is 0 Å². The molecule has 0 aliphatic rings. The fourth-order valence-corrected chi connectivity index (χ4v) is 1.42. The van der Waals surface area contributed by atoms with Crippen molar-refractivity contribution < 1.29 is 9.18 Å². The first-order valence-corrected chi connectivity index (χ1v) is 5.29. The van der Waals surface area contributed by atoms with Gasteiger partial charge < -0.3 is 11.1 Å². The minimum Gasteiger partial charge on any atom is -0.354 e. The molecule has 0 saturated heterocycles. The van der Waals surface area contributed by atoms with Crippen LogP contribution in [-0.2, 0) is 11.2 Å². The first-order chi connectivity index (χ1) is 7.50. The molecular weight excluding hydrogens is 243 g/mol. The van der Waals surface area contributed by atoms with E-state index < -0.39 is 6.04 Å². The highest BCUT2D eigenvalue weighted by molar-refractivity contribution is 5.85. The second-order valence-electron chi connectivity index (χ2n) is 3.90. The van der Waals surface area contributed by atoms with E-state index in [2.05, 4.69) is 5.32 Å². The third-order valence-electron chi connectivity index (χ3n) is 2.41. The second-order valence-corrected chi connectivity index (χ2v) is 3.90. The summed E-state index contributed by atoms with van der Waals surface area (Å²) in [7, 11) is 0. The van der Waals surface area contributed by atoms with Crippen LogP contribution in [0.25, 0.3) is 0 Å². The van der Waals surface area contributed by atoms with Gasteiger partial charge in [-0.25, -0.2) is 4.39 Å². The van der Waals surface area contributed by atoms with Gasteiger partial charge in [0.05, 0.1) is 6.04 Å². The summed E-state index contributed by atoms with van der Waals surface area (Å²) < 4.78 is 12.8. The maximum Gasteiger partial charge on any atom is 0.236 e. The van der Waals surface area contributed by atoms with Crippen LogP contribution >= 0.6 is 12.4 Å². The standard InChI is InChI=1S/C12H17FN2O.ClH/c1-8-7-11(13)4-3-10(8)5-6-15-12(16)9(2)14;/h3-4,7,9H,5-6,14H2,1-2H3,(H,15,16);1H/t9-;/m1./s1. The molecule has 3 nitrogen and oxygen atoms in total. The smallest absolute Gasteiger partial charge is 0.236 e. The molecule has 1 amide bonds. The Morgan fingerprint density at radius 1 is 1.53 bits per heavy atom. The van der Waals surface area contributed by atoms with Gasteiger partial charge in [0.15, 0.2) is 0 Å². The number of hydrogen-bond acceptors (Lipinski definition) is 2. The van der Waals surface area contributed by atoms with Crippen LogP contribution in [0, 0.1) is 12.7 Å². The molecule has 0 radical (unpaired) electrons. The summed E-state index contributed by atoms with van der Waals surface area (Å²) in [4.78, 5) is 11.2. The molecule has 0 aromatic heterocycles. The van der Waals surface area contributed by atoms with E-state index in [1.54, 1.807) is 13.0 Å². The first-order valence-electron chi connectivity index (χ1n) is 5.29. The van der Waals surface area contributed by atoms with E-state index in [-0.39, 0.29) is 24.1 Å². The van der Waals surface area contributed by atoms with Crippen molar-refractivity contribution in [3.05, 3.63) is 35.1 Å². The first kappa shape index (κ1) is 15.9. The van der Waals surface area contributed by atoms with Gasteiger partial charge in [0, 0.05) is 6.54 Å². The minimum absolute atomic E-state index is 0. The number of carbonyl (C=O) groups excluding carboxylic acids is 1. The third-order valence-corrected chi connectivity index (χ3v) is 2.41. The molecule has 96 valence electrons. The van der Waals surface area contributed by atoms with Crippen LogP contribution in [0.1, 0.15) is 18.1 Å². The molecule has 0 unspecified atom stereocenters. The molecule has 0 heterocycles. The number of aryl methyl sites for hydroxylation is 1. The van der Waals surface area contributed by atoms with E-state index in [1.165, 1.54) is 12.1 Å². The Morgan fingerprint density at radius 3 is 2.71 bits per heavy atom. The Labute approximate surface area is 107 Å². The molecular formula is C12H18ClFN2O. The molecule has 17 heavy (non-hydrogen) atoms. The molecule has 3 N–H and O–H groups in total. The summed E-state index contributed by atoms with van der Waals surface area (Å²) in [5.74, 6) is -0.402. The van der Waals surface area contributed by atoms with Crippen molar-refractivity contribution in [2.24, 2.45) is 5.73 Å². The van der Waals surface area contributed by atoms with Crippen LogP contribution in [0.3, 0.4) is 0 Å². The number of amides is 1. The highest BCUT2D eigenvalue weighted by Gasteiger charge is 2.06. The second kappa shape index (κ2) is 7.25. The number of benzene rings is 1. The summed E-state index contributed by atoms with van der Waals surface area (Å²) in [6, 6.07) is 4.16. The summed E-state index contributed by atoms with van der Waals surface area (Å²) in [6.45, 7) is 4.01.